The molecule has 0 bridgehead atoms. The van der Waals surface area contributed by atoms with Crippen molar-refractivity contribution in [2.45, 2.75) is 13.0 Å². The molecule has 1 unspecified atom stereocenters. The Balaban J connectivity index is 2.97. The number of nitrogens with one attached hydrogen (secondary N) is 1. The number of carbonyl (C=O) groups excluding carboxylic acids is 2. The molecule has 1 heterocycles. The van der Waals surface area contributed by atoms with E-state index in [1.165, 1.54) is 6.92 Å². The Morgan fingerprint density at radius 3 is 2.46 bits per heavy atom. The summed E-state index contributed by atoms with van der Waals surface area (Å²) >= 11 is 0. The van der Waals surface area contributed by atoms with Gasteiger partial charge in [-0.25, -0.2) is 8.42 Å². The molecule has 2 amide bonds. The maximum absolute atomic E-state index is 11.1. The van der Waals surface area contributed by atoms with Crippen molar-refractivity contribution < 1.29 is 18.0 Å². The van der Waals surface area contributed by atoms with E-state index in [1.54, 1.807) is 0 Å². The van der Waals surface area contributed by atoms with Crippen LogP contribution in [0.3, 0.4) is 0 Å². The Morgan fingerprint density at radius 2 is 2.00 bits per heavy atom. The summed E-state index contributed by atoms with van der Waals surface area (Å²) in [5.41, 5.74) is 0. The second-order valence-corrected chi connectivity index (χ2v) is 4.83. The molecule has 0 radical (unpaired) electrons. The summed E-state index contributed by atoms with van der Waals surface area (Å²) in [5.74, 6) is -1.17. The number of imide groups is 1. The molecule has 6 nitrogen and oxygen atoms in total. The summed E-state index contributed by atoms with van der Waals surface area (Å²) in [5, 5.41) is 2.05. The van der Waals surface area contributed by atoms with Gasteiger partial charge in [-0.3, -0.25) is 14.9 Å². The van der Waals surface area contributed by atoms with E-state index in [0.717, 1.165) is 10.6 Å². The van der Waals surface area contributed by atoms with Crippen LogP contribution in [0, 0.1) is 0 Å². The molecule has 13 heavy (non-hydrogen) atoms. The van der Waals surface area contributed by atoms with Crippen LogP contribution in [0.25, 0.3) is 0 Å². The van der Waals surface area contributed by atoms with Crippen LogP contribution in [0.4, 0.5) is 0 Å². The Kier molecular flexibility index (Phi) is 2.40. The fourth-order valence-electron chi connectivity index (χ4n) is 1.10. The van der Waals surface area contributed by atoms with Crippen molar-refractivity contribution in [1.82, 2.24) is 9.62 Å². The van der Waals surface area contributed by atoms with Crippen molar-refractivity contribution in [3.8, 4) is 0 Å². The van der Waals surface area contributed by atoms with Gasteiger partial charge in [0.2, 0.25) is 21.8 Å². The van der Waals surface area contributed by atoms with Gasteiger partial charge in [0.15, 0.2) is 0 Å². The van der Waals surface area contributed by atoms with E-state index in [2.05, 4.69) is 0 Å². The van der Waals surface area contributed by atoms with E-state index in [-0.39, 0.29) is 6.54 Å². The third kappa shape index (κ3) is 2.04. The third-order valence-corrected chi connectivity index (χ3v) is 3.10. The lowest BCUT2D eigenvalue weighted by molar-refractivity contribution is -0.136. The summed E-state index contributed by atoms with van der Waals surface area (Å²) in [4.78, 5) is 21.9. The number of piperazine rings is 1. The molecule has 74 valence electrons. The molecule has 1 atom stereocenters. The van der Waals surface area contributed by atoms with Crippen LogP contribution < -0.4 is 5.32 Å². The smallest absolute Gasteiger partial charge is 0.244 e. The molecule has 1 aliphatic heterocycles. The van der Waals surface area contributed by atoms with Crippen LogP contribution in [-0.4, -0.2) is 43.4 Å². The summed E-state index contributed by atoms with van der Waals surface area (Å²) in [6.45, 7) is 1.15. The van der Waals surface area contributed by atoms with E-state index in [0.29, 0.717) is 0 Å². The van der Waals surface area contributed by atoms with Gasteiger partial charge in [-0.15, -0.1) is 0 Å². The van der Waals surface area contributed by atoms with Gasteiger partial charge < -0.3 is 0 Å². The van der Waals surface area contributed by atoms with Gasteiger partial charge in [0.05, 0.1) is 12.8 Å². The Bertz CT molecular complexity index is 348. The summed E-state index contributed by atoms with van der Waals surface area (Å²) < 4.78 is 23.0. The minimum atomic E-state index is -3.49. The number of sulfonamides is 1. The minimum absolute atomic E-state index is 0.286. The second-order valence-electron chi connectivity index (χ2n) is 2.90. The Hall–Kier alpha value is -0.950. The summed E-state index contributed by atoms with van der Waals surface area (Å²) in [7, 11) is -3.49. The molecule has 0 aliphatic carbocycles. The zero-order chi connectivity index (χ0) is 10.2. The minimum Gasteiger partial charge on any atom is -0.294 e. The molecule has 7 heteroatoms. The molecular weight excluding hydrogens is 196 g/mol. The fraction of sp³-hybridized carbons (Fsp3) is 0.667. The normalized spacial score (nSPS) is 25.8. The van der Waals surface area contributed by atoms with E-state index in [9.17, 15) is 18.0 Å². The van der Waals surface area contributed by atoms with Crippen molar-refractivity contribution in [2.75, 3.05) is 12.8 Å². The average molecular weight is 206 g/mol. The third-order valence-electron chi connectivity index (χ3n) is 1.80. The molecule has 1 aliphatic rings. The Morgan fingerprint density at radius 1 is 1.46 bits per heavy atom. The van der Waals surface area contributed by atoms with Crippen LogP contribution in [-0.2, 0) is 19.6 Å². The number of nitrogens with zero attached hydrogens (tertiary/aromatic N) is 1. The van der Waals surface area contributed by atoms with Gasteiger partial charge in [0.1, 0.15) is 6.04 Å². The Labute approximate surface area is 76.0 Å². The standard InChI is InChI=1S/C6H10N2O4S/c1-4-6(10)7-5(9)3-8(4)13(2,11)12/h4H,3H2,1-2H3,(H,7,9,10). The largest absolute Gasteiger partial charge is 0.294 e. The van der Waals surface area contributed by atoms with Gasteiger partial charge in [-0.05, 0) is 6.92 Å². The molecule has 0 aromatic heterocycles. The average Bonchev–Trinajstić information content (AvgIpc) is 1.94. The lowest BCUT2D eigenvalue weighted by atomic mass is 10.2. The van der Waals surface area contributed by atoms with E-state index in [4.69, 9.17) is 0 Å². The first-order valence-corrected chi connectivity index (χ1v) is 5.47. The van der Waals surface area contributed by atoms with Crippen LogP contribution >= 0.6 is 0 Å². The SMILES string of the molecule is CC1C(=O)NC(=O)CN1S(C)(=O)=O. The van der Waals surface area contributed by atoms with Crippen LogP contribution in [0.1, 0.15) is 6.92 Å². The van der Waals surface area contributed by atoms with Gasteiger partial charge in [-0.2, -0.15) is 4.31 Å². The topological polar surface area (TPSA) is 83.6 Å². The molecule has 1 rings (SSSR count). The van der Waals surface area contributed by atoms with E-state index in [1.807, 2.05) is 5.32 Å². The van der Waals surface area contributed by atoms with Crippen molar-refractivity contribution in [3.05, 3.63) is 0 Å². The molecule has 0 aromatic carbocycles. The molecule has 1 fully saturated rings. The van der Waals surface area contributed by atoms with Crippen LogP contribution in [0.2, 0.25) is 0 Å². The maximum atomic E-state index is 11.1. The molecular formula is C6H10N2O4S. The van der Waals surface area contributed by atoms with Gasteiger partial charge >= 0.3 is 0 Å². The van der Waals surface area contributed by atoms with Gasteiger partial charge in [-0.1, -0.05) is 0 Å². The predicted molar refractivity (Wildman–Crippen MR) is 44.2 cm³/mol. The first-order chi connectivity index (χ1) is 5.82. The number of hydrogen-bond donors (Lipinski definition) is 1. The number of hydrogen-bond acceptors (Lipinski definition) is 4. The highest BCUT2D eigenvalue weighted by atomic mass is 32.2. The van der Waals surface area contributed by atoms with E-state index < -0.39 is 27.9 Å². The van der Waals surface area contributed by atoms with Crippen molar-refractivity contribution in [3.63, 3.8) is 0 Å². The van der Waals surface area contributed by atoms with Gasteiger partial charge in [0, 0.05) is 0 Å². The molecule has 0 saturated carbocycles. The predicted octanol–water partition coefficient (Wildman–Crippen LogP) is -1.71. The molecule has 1 saturated heterocycles. The van der Waals surface area contributed by atoms with Crippen molar-refractivity contribution in [1.29, 1.82) is 0 Å². The number of rotatable bonds is 1. The summed E-state index contributed by atoms with van der Waals surface area (Å²) in [6, 6.07) is -0.812. The second kappa shape index (κ2) is 3.08. The monoisotopic (exact) mass is 206 g/mol. The number of carbonyl (C=O) groups is 2. The van der Waals surface area contributed by atoms with Crippen molar-refractivity contribution in [2.24, 2.45) is 0 Å². The van der Waals surface area contributed by atoms with Crippen LogP contribution in [0.5, 0.6) is 0 Å². The molecule has 1 N–H and O–H groups in total. The lowest BCUT2D eigenvalue weighted by Gasteiger charge is -2.29. The highest BCUT2D eigenvalue weighted by molar-refractivity contribution is 7.88. The quantitative estimate of drug-likeness (QED) is 0.518. The van der Waals surface area contributed by atoms with E-state index >= 15 is 0 Å². The lowest BCUT2D eigenvalue weighted by Crippen LogP contribution is -2.58. The zero-order valence-electron chi connectivity index (χ0n) is 7.27. The highest BCUT2D eigenvalue weighted by Crippen LogP contribution is 2.08. The zero-order valence-corrected chi connectivity index (χ0v) is 8.09. The maximum Gasteiger partial charge on any atom is 0.244 e. The molecule has 0 spiro atoms. The molecule has 0 aromatic rings. The van der Waals surface area contributed by atoms with Crippen molar-refractivity contribution >= 4 is 21.8 Å². The number of amides is 2. The van der Waals surface area contributed by atoms with Crippen LogP contribution in [0.15, 0.2) is 0 Å². The highest BCUT2D eigenvalue weighted by Gasteiger charge is 2.35. The summed E-state index contributed by atoms with van der Waals surface area (Å²) in [6.07, 6.45) is 0.968. The van der Waals surface area contributed by atoms with Gasteiger partial charge in [0.25, 0.3) is 0 Å². The first-order valence-electron chi connectivity index (χ1n) is 3.63. The fourth-order valence-corrected chi connectivity index (χ4v) is 2.12. The first kappa shape index (κ1) is 10.1.